The van der Waals surface area contributed by atoms with E-state index in [0.29, 0.717) is 19.5 Å². The van der Waals surface area contributed by atoms with Gasteiger partial charge in [0.2, 0.25) is 5.91 Å². The van der Waals surface area contributed by atoms with Crippen LogP contribution in [0, 0.1) is 0 Å². The molecule has 128 valence electrons. The number of halogens is 1. The molecule has 2 aromatic carbocycles. The van der Waals surface area contributed by atoms with Crippen LogP contribution in [0.25, 0.3) is 0 Å². The zero-order chi connectivity index (χ0) is 17.2. The van der Waals surface area contributed by atoms with Crippen LogP contribution in [-0.4, -0.2) is 30.4 Å². The molecule has 2 rings (SSSR count). The zero-order valence-corrected chi connectivity index (χ0v) is 14.9. The Balaban J connectivity index is 1.68. The molecule has 0 bridgehead atoms. The van der Waals surface area contributed by atoms with E-state index in [1.54, 1.807) is 0 Å². The van der Waals surface area contributed by atoms with Crippen LogP contribution < -0.4 is 5.32 Å². The highest BCUT2D eigenvalue weighted by atomic mass is 35.5. The van der Waals surface area contributed by atoms with Crippen molar-refractivity contribution in [2.75, 3.05) is 19.6 Å². The van der Waals surface area contributed by atoms with E-state index in [4.69, 9.17) is 11.6 Å². The van der Waals surface area contributed by atoms with Crippen LogP contribution in [0.3, 0.4) is 0 Å². The Morgan fingerprint density at radius 2 is 1.79 bits per heavy atom. The summed E-state index contributed by atoms with van der Waals surface area (Å²) in [6.07, 6.45) is 1.44. The molecule has 0 aliphatic heterocycles. The SMILES string of the molecule is CCN(Cc1ccccc1)C(=O)CCNCCc1cccc(Cl)c1. The van der Waals surface area contributed by atoms with Crippen molar-refractivity contribution >= 4 is 17.5 Å². The average Bonchev–Trinajstić information content (AvgIpc) is 2.60. The molecule has 24 heavy (non-hydrogen) atoms. The average molecular weight is 345 g/mol. The number of carbonyl (C=O) groups is 1. The second-order valence-electron chi connectivity index (χ2n) is 5.77. The van der Waals surface area contributed by atoms with Crippen molar-refractivity contribution in [1.82, 2.24) is 10.2 Å². The molecule has 4 heteroatoms. The number of nitrogens with zero attached hydrogens (tertiary/aromatic N) is 1. The van der Waals surface area contributed by atoms with Crippen LogP contribution in [0.2, 0.25) is 5.02 Å². The van der Waals surface area contributed by atoms with Crippen LogP contribution in [0.4, 0.5) is 0 Å². The highest BCUT2D eigenvalue weighted by Crippen LogP contribution is 2.10. The molecule has 3 nitrogen and oxygen atoms in total. The Morgan fingerprint density at radius 1 is 1.04 bits per heavy atom. The van der Waals surface area contributed by atoms with Gasteiger partial charge in [-0.2, -0.15) is 0 Å². The lowest BCUT2D eigenvalue weighted by atomic mass is 10.1. The lowest BCUT2D eigenvalue weighted by Crippen LogP contribution is -2.33. The maximum atomic E-state index is 12.3. The van der Waals surface area contributed by atoms with Gasteiger partial charge in [0.1, 0.15) is 0 Å². The predicted octanol–water partition coefficient (Wildman–Crippen LogP) is 3.91. The molecular formula is C20H25ClN2O. The third-order valence-corrected chi connectivity index (χ3v) is 4.18. The Labute approximate surface area is 149 Å². The number of rotatable bonds is 9. The summed E-state index contributed by atoms with van der Waals surface area (Å²) in [6, 6.07) is 18.0. The third kappa shape index (κ3) is 6.34. The van der Waals surface area contributed by atoms with Gasteiger partial charge in [-0.1, -0.05) is 54.1 Å². The molecule has 0 aromatic heterocycles. The fourth-order valence-electron chi connectivity index (χ4n) is 2.58. The summed E-state index contributed by atoms with van der Waals surface area (Å²) in [6.45, 7) is 4.98. The van der Waals surface area contributed by atoms with Gasteiger partial charge in [0.05, 0.1) is 0 Å². The van der Waals surface area contributed by atoms with Gasteiger partial charge < -0.3 is 10.2 Å². The van der Waals surface area contributed by atoms with Crippen LogP contribution in [0.1, 0.15) is 24.5 Å². The van der Waals surface area contributed by atoms with Crippen molar-refractivity contribution in [3.8, 4) is 0 Å². The van der Waals surface area contributed by atoms with Gasteiger partial charge in [0, 0.05) is 31.1 Å². The van der Waals surface area contributed by atoms with E-state index >= 15 is 0 Å². The maximum Gasteiger partial charge on any atom is 0.224 e. The van der Waals surface area contributed by atoms with E-state index in [-0.39, 0.29) is 5.91 Å². The van der Waals surface area contributed by atoms with Crippen molar-refractivity contribution in [2.24, 2.45) is 0 Å². The van der Waals surface area contributed by atoms with Gasteiger partial charge in [0.25, 0.3) is 0 Å². The zero-order valence-electron chi connectivity index (χ0n) is 14.2. The Hall–Kier alpha value is -1.84. The number of hydrogen-bond donors (Lipinski definition) is 1. The molecule has 0 saturated carbocycles. The second-order valence-corrected chi connectivity index (χ2v) is 6.21. The van der Waals surface area contributed by atoms with Crippen LogP contribution in [-0.2, 0) is 17.8 Å². The molecule has 0 aliphatic carbocycles. The van der Waals surface area contributed by atoms with Crippen molar-refractivity contribution < 1.29 is 4.79 Å². The van der Waals surface area contributed by atoms with E-state index in [1.807, 2.05) is 48.2 Å². The lowest BCUT2D eigenvalue weighted by molar-refractivity contribution is -0.131. The highest BCUT2D eigenvalue weighted by Gasteiger charge is 2.11. The number of carbonyl (C=O) groups excluding carboxylic acids is 1. The van der Waals surface area contributed by atoms with Crippen molar-refractivity contribution in [3.63, 3.8) is 0 Å². The lowest BCUT2D eigenvalue weighted by Gasteiger charge is -2.21. The van der Waals surface area contributed by atoms with E-state index in [9.17, 15) is 4.79 Å². The fourth-order valence-corrected chi connectivity index (χ4v) is 2.80. The summed E-state index contributed by atoms with van der Waals surface area (Å²) in [4.78, 5) is 14.2. The van der Waals surface area contributed by atoms with Crippen LogP contribution in [0.15, 0.2) is 54.6 Å². The molecule has 0 fully saturated rings. The monoisotopic (exact) mass is 344 g/mol. The molecule has 0 unspecified atom stereocenters. The molecule has 0 saturated heterocycles. The van der Waals surface area contributed by atoms with Crippen LogP contribution >= 0.6 is 11.6 Å². The molecule has 2 aromatic rings. The van der Waals surface area contributed by atoms with Crippen LogP contribution in [0.5, 0.6) is 0 Å². The third-order valence-electron chi connectivity index (χ3n) is 3.95. The summed E-state index contributed by atoms with van der Waals surface area (Å²) in [5, 5.41) is 4.10. The molecule has 1 N–H and O–H groups in total. The molecular weight excluding hydrogens is 320 g/mol. The normalized spacial score (nSPS) is 10.6. The summed E-state index contributed by atoms with van der Waals surface area (Å²) in [5.74, 6) is 0.191. The van der Waals surface area contributed by atoms with Gasteiger partial charge >= 0.3 is 0 Å². The largest absolute Gasteiger partial charge is 0.339 e. The highest BCUT2D eigenvalue weighted by molar-refractivity contribution is 6.30. The minimum Gasteiger partial charge on any atom is -0.339 e. The molecule has 0 heterocycles. The molecule has 0 spiro atoms. The summed E-state index contributed by atoms with van der Waals surface area (Å²) in [5.41, 5.74) is 2.38. The Bertz CT molecular complexity index is 631. The fraction of sp³-hybridized carbons (Fsp3) is 0.350. The van der Waals surface area contributed by atoms with Crippen molar-refractivity contribution in [3.05, 3.63) is 70.7 Å². The first-order valence-electron chi connectivity index (χ1n) is 8.46. The summed E-state index contributed by atoms with van der Waals surface area (Å²) >= 11 is 5.97. The van der Waals surface area contributed by atoms with E-state index in [2.05, 4.69) is 23.5 Å². The quantitative estimate of drug-likeness (QED) is 0.699. The molecule has 0 atom stereocenters. The number of amides is 1. The van der Waals surface area contributed by atoms with Crippen molar-refractivity contribution in [1.29, 1.82) is 0 Å². The predicted molar refractivity (Wildman–Crippen MR) is 100 cm³/mol. The Kier molecular flexibility index (Phi) is 7.80. The second kappa shape index (κ2) is 10.1. The van der Waals surface area contributed by atoms with Gasteiger partial charge in [-0.25, -0.2) is 0 Å². The summed E-state index contributed by atoms with van der Waals surface area (Å²) in [7, 11) is 0. The number of benzene rings is 2. The molecule has 1 amide bonds. The van der Waals surface area contributed by atoms with Gasteiger partial charge in [-0.3, -0.25) is 4.79 Å². The topological polar surface area (TPSA) is 32.3 Å². The summed E-state index contributed by atoms with van der Waals surface area (Å²) < 4.78 is 0. The van der Waals surface area contributed by atoms with Gasteiger partial charge in [-0.05, 0) is 43.1 Å². The van der Waals surface area contributed by atoms with E-state index in [1.165, 1.54) is 11.1 Å². The van der Waals surface area contributed by atoms with Gasteiger partial charge in [-0.15, -0.1) is 0 Å². The first-order valence-corrected chi connectivity index (χ1v) is 8.83. The van der Waals surface area contributed by atoms with Crippen molar-refractivity contribution in [2.45, 2.75) is 26.3 Å². The Morgan fingerprint density at radius 3 is 2.50 bits per heavy atom. The molecule has 0 aliphatic rings. The first-order chi connectivity index (χ1) is 11.7. The van der Waals surface area contributed by atoms with E-state index < -0.39 is 0 Å². The minimum atomic E-state index is 0.191. The van der Waals surface area contributed by atoms with E-state index in [0.717, 1.165) is 24.5 Å². The minimum absolute atomic E-state index is 0.191. The first kappa shape index (κ1) is 18.5. The number of nitrogens with one attached hydrogen (secondary N) is 1. The maximum absolute atomic E-state index is 12.3. The number of hydrogen-bond acceptors (Lipinski definition) is 2. The smallest absolute Gasteiger partial charge is 0.224 e. The molecule has 0 radical (unpaired) electrons. The standard InChI is InChI=1S/C20H25ClN2O/c1-2-23(16-18-7-4-3-5-8-18)20(24)12-14-22-13-11-17-9-6-10-19(21)15-17/h3-10,15,22H,2,11-14,16H2,1H3. The van der Waals surface area contributed by atoms with Gasteiger partial charge in [0.15, 0.2) is 0 Å².